The first-order chi connectivity index (χ1) is 7.74. The van der Waals surface area contributed by atoms with E-state index in [4.69, 9.17) is 16.3 Å². The van der Waals surface area contributed by atoms with Crippen LogP contribution in [0.5, 0.6) is 5.75 Å². The number of rotatable bonds is 7. The first-order valence-corrected chi connectivity index (χ1v) is 5.90. The second-order valence-electron chi connectivity index (χ2n) is 3.49. The molecule has 0 aromatic heterocycles. The summed E-state index contributed by atoms with van der Waals surface area (Å²) in [6.07, 6.45) is 2.05. The highest BCUT2D eigenvalue weighted by molar-refractivity contribution is 6.30. The molecule has 0 saturated heterocycles. The Balaban J connectivity index is 2.19. The molecule has 0 spiro atoms. The minimum Gasteiger partial charge on any atom is -0.494 e. The summed E-state index contributed by atoms with van der Waals surface area (Å²) in [7, 11) is 0. The van der Waals surface area contributed by atoms with Crippen molar-refractivity contribution in [1.29, 1.82) is 0 Å². The van der Waals surface area contributed by atoms with Gasteiger partial charge in [0, 0.05) is 6.07 Å². The van der Waals surface area contributed by atoms with Crippen molar-refractivity contribution in [3.05, 3.63) is 29.0 Å². The normalized spacial score (nSPS) is 10.4. The van der Waals surface area contributed by atoms with Crippen molar-refractivity contribution in [2.24, 2.45) is 0 Å². The third-order valence-electron chi connectivity index (χ3n) is 2.16. The highest BCUT2D eigenvalue weighted by atomic mass is 35.5. The molecule has 0 unspecified atom stereocenters. The highest BCUT2D eigenvalue weighted by Gasteiger charge is 2.01. The zero-order chi connectivity index (χ0) is 11.8. The quantitative estimate of drug-likeness (QED) is 0.745. The van der Waals surface area contributed by atoms with Crippen LogP contribution in [0.25, 0.3) is 0 Å². The van der Waals surface area contributed by atoms with Crippen molar-refractivity contribution in [3.63, 3.8) is 0 Å². The molecule has 0 fully saturated rings. The minimum atomic E-state index is -0.416. The molecule has 0 atom stereocenters. The summed E-state index contributed by atoms with van der Waals surface area (Å²) in [5.41, 5.74) is 0. The van der Waals surface area contributed by atoms with Crippen molar-refractivity contribution >= 4 is 11.6 Å². The van der Waals surface area contributed by atoms with Crippen LogP contribution in [0.1, 0.15) is 19.8 Å². The molecule has 1 aromatic carbocycles. The molecule has 16 heavy (non-hydrogen) atoms. The predicted octanol–water partition coefficient (Wildman–Crippen LogP) is 3.25. The van der Waals surface area contributed by atoms with Gasteiger partial charge in [-0.1, -0.05) is 18.5 Å². The Bertz CT molecular complexity index is 320. The maximum Gasteiger partial charge on any atom is 0.142 e. The average molecular weight is 246 g/mol. The first kappa shape index (κ1) is 13.3. The monoisotopic (exact) mass is 245 g/mol. The Morgan fingerprint density at radius 3 is 2.88 bits per heavy atom. The van der Waals surface area contributed by atoms with Gasteiger partial charge in [0.05, 0.1) is 11.6 Å². The van der Waals surface area contributed by atoms with Crippen LogP contribution in [0, 0.1) is 5.82 Å². The summed E-state index contributed by atoms with van der Waals surface area (Å²) >= 11 is 5.63. The van der Waals surface area contributed by atoms with Gasteiger partial charge in [0.25, 0.3) is 0 Å². The molecule has 4 heteroatoms. The molecule has 0 aliphatic carbocycles. The van der Waals surface area contributed by atoms with Crippen LogP contribution < -0.4 is 10.1 Å². The minimum absolute atomic E-state index is 0.102. The molecule has 1 rings (SSSR count). The summed E-state index contributed by atoms with van der Waals surface area (Å²) in [6, 6.07) is 4.41. The van der Waals surface area contributed by atoms with E-state index in [-0.39, 0.29) is 5.02 Å². The van der Waals surface area contributed by atoms with Crippen LogP contribution in [0.15, 0.2) is 18.2 Å². The Morgan fingerprint density at radius 2 is 2.19 bits per heavy atom. The molecule has 2 nitrogen and oxygen atoms in total. The van der Waals surface area contributed by atoms with Crippen LogP contribution in [-0.2, 0) is 0 Å². The third-order valence-corrected chi connectivity index (χ3v) is 2.45. The van der Waals surface area contributed by atoms with Crippen molar-refractivity contribution in [3.8, 4) is 5.75 Å². The van der Waals surface area contributed by atoms with Crippen molar-refractivity contribution in [1.82, 2.24) is 5.32 Å². The van der Waals surface area contributed by atoms with E-state index in [0.717, 1.165) is 25.9 Å². The fourth-order valence-electron chi connectivity index (χ4n) is 1.29. The molecule has 0 saturated carbocycles. The van der Waals surface area contributed by atoms with E-state index in [0.29, 0.717) is 12.4 Å². The molecule has 1 aromatic rings. The number of ether oxygens (including phenoxy) is 1. The molecular formula is C12H17ClFNO. The topological polar surface area (TPSA) is 21.3 Å². The van der Waals surface area contributed by atoms with E-state index >= 15 is 0 Å². The Morgan fingerprint density at radius 1 is 1.38 bits per heavy atom. The largest absolute Gasteiger partial charge is 0.494 e. The van der Waals surface area contributed by atoms with Crippen LogP contribution in [0.4, 0.5) is 4.39 Å². The van der Waals surface area contributed by atoms with Crippen molar-refractivity contribution in [2.45, 2.75) is 19.8 Å². The van der Waals surface area contributed by atoms with Gasteiger partial charge in [0.15, 0.2) is 0 Å². The lowest BCUT2D eigenvalue weighted by atomic mass is 10.3. The van der Waals surface area contributed by atoms with Gasteiger partial charge in [-0.05, 0) is 38.1 Å². The molecule has 90 valence electrons. The van der Waals surface area contributed by atoms with E-state index in [1.54, 1.807) is 6.07 Å². The summed E-state index contributed by atoms with van der Waals surface area (Å²) in [4.78, 5) is 0. The van der Waals surface area contributed by atoms with Gasteiger partial charge in [0.2, 0.25) is 0 Å². The lowest BCUT2D eigenvalue weighted by Crippen LogP contribution is -2.14. The standard InChI is InChI=1S/C12H17ClFNO/c1-2-15-7-3-4-8-16-10-5-6-12(14)11(13)9-10/h5-6,9,15H,2-4,7-8H2,1H3. The molecular weight excluding hydrogens is 229 g/mol. The zero-order valence-electron chi connectivity index (χ0n) is 9.43. The van der Waals surface area contributed by atoms with E-state index in [1.165, 1.54) is 12.1 Å². The molecule has 0 amide bonds. The van der Waals surface area contributed by atoms with E-state index in [9.17, 15) is 4.39 Å². The Kier molecular flexibility index (Phi) is 6.19. The summed E-state index contributed by atoms with van der Waals surface area (Å²) in [5.74, 6) is 0.205. The van der Waals surface area contributed by atoms with Gasteiger partial charge in [-0.15, -0.1) is 0 Å². The second kappa shape index (κ2) is 7.47. The lowest BCUT2D eigenvalue weighted by Gasteiger charge is -2.06. The predicted molar refractivity (Wildman–Crippen MR) is 64.7 cm³/mol. The third kappa shape index (κ3) is 4.81. The van der Waals surface area contributed by atoms with Gasteiger partial charge in [-0.3, -0.25) is 0 Å². The fourth-order valence-corrected chi connectivity index (χ4v) is 1.46. The first-order valence-electron chi connectivity index (χ1n) is 5.52. The summed E-state index contributed by atoms with van der Waals surface area (Å²) in [5, 5.41) is 3.34. The fraction of sp³-hybridized carbons (Fsp3) is 0.500. The number of nitrogens with one attached hydrogen (secondary N) is 1. The lowest BCUT2D eigenvalue weighted by molar-refractivity contribution is 0.305. The van der Waals surface area contributed by atoms with Crippen LogP contribution in [0.2, 0.25) is 5.02 Å². The summed E-state index contributed by atoms with van der Waals surface area (Å²) in [6.45, 7) is 4.71. The van der Waals surface area contributed by atoms with Crippen LogP contribution >= 0.6 is 11.6 Å². The number of halogens is 2. The van der Waals surface area contributed by atoms with Gasteiger partial charge in [-0.25, -0.2) is 4.39 Å². The molecule has 0 radical (unpaired) electrons. The smallest absolute Gasteiger partial charge is 0.142 e. The van der Waals surface area contributed by atoms with Crippen LogP contribution in [-0.4, -0.2) is 19.7 Å². The number of hydrogen-bond acceptors (Lipinski definition) is 2. The van der Waals surface area contributed by atoms with Crippen LogP contribution in [0.3, 0.4) is 0 Å². The van der Waals surface area contributed by atoms with Gasteiger partial charge >= 0.3 is 0 Å². The van der Waals surface area contributed by atoms with E-state index in [2.05, 4.69) is 12.2 Å². The molecule has 0 aliphatic rings. The van der Waals surface area contributed by atoms with Gasteiger partial charge in [-0.2, -0.15) is 0 Å². The van der Waals surface area contributed by atoms with Crippen molar-refractivity contribution in [2.75, 3.05) is 19.7 Å². The molecule has 0 bridgehead atoms. The maximum absolute atomic E-state index is 12.8. The van der Waals surface area contributed by atoms with Gasteiger partial charge < -0.3 is 10.1 Å². The Labute approximate surface area is 101 Å². The molecule has 1 N–H and O–H groups in total. The highest BCUT2D eigenvalue weighted by Crippen LogP contribution is 2.21. The zero-order valence-corrected chi connectivity index (χ0v) is 10.2. The second-order valence-corrected chi connectivity index (χ2v) is 3.89. The van der Waals surface area contributed by atoms with E-state index < -0.39 is 5.82 Å². The average Bonchev–Trinajstić information content (AvgIpc) is 2.28. The van der Waals surface area contributed by atoms with Crippen molar-refractivity contribution < 1.29 is 9.13 Å². The molecule has 0 heterocycles. The number of hydrogen-bond donors (Lipinski definition) is 1. The number of benzene rings is 1. The SMILES string of the molecule is CCNCCCCOc1ccc(F)c(Cl)c1. The maximum atomic E-state index is 12.8. The molecule has 0 aliphatic heterocycles. The van der Waals surface area contributed by atoms with E-state index in [1.807, 2.05) is 0 Å². The number of unbranched alkanes of at least 4 members (excludes halogenated alkanes) is 1. The summed E-state index contributed by atoms with van der Waals surface area (Å²) < 4.78 is 18.3. The van der Waals surface area contributed by atoms with Gasteiger partial charge in [0.1, 0.15) is 11.6 Å². The Hall–Kier alpha value is -0.800.